The third-order valence-corrected chi connectivity index (χ3v) is 2.41. The van der Waals surface area contributed by atoms with Gasteiger partial charge < -0.3 is 4.74 Å². The van der Waals surface area contributed by atoms with Gasteiger partial charge in [0.1, 0.15) is 0 Å². The van der Waals surface area contributed by atoms with Gasteiger partial charge in [0.05, 0.1) is 24.0 Å². The summed E-state index contributed by atoms with van der Waals surface area (Å²) in [6.45, 7) is 2.08. The predicted octanol–water partition coefficient (Wildman–Crippen LogP) is 0.807. The Labute approximate surface area is 93.2 Å². The highest BCUT2D eigenvalue weighted by atomic mass is 35.5. The minimum absolute atomic E-state index is 0.0452. The molecule has 2 heterocycles. The predicted molar refractivity (Wildman–Crippen MR) is 56.4 cm³/mol. The van der Waals surface area contributed by atoms with Gasteiger partial charge in [0, 0.05) is 12.5 Å². The van der Waals surface area contributed by atoms with Crippen molar-refractivity contribution in [1.29, 1.82) is 0 Å². The zero-order chi connectivity index (χ0) is 10.7. The highest BCUT2D eigenvalue weighted by molar-refractivity contribution is 6.16. The summed E-state index contributed by atoms with van der Waals surface area (Å²) in [6, 6.07) is 0.407. The molecule has 0 amide bonds. The third kappa shape index (κ3) is 2.77. The van der Waals surface area contributed by atoms with Gasteiger partial charge in [-0.2, -0.15) is 0 Å². The summed E-state index contributed by atoms with van der Waals surface area (Å²) in [5.41, 5.74) is 6.83. The molecule has 0 saturated carbocycles. The van der Waals surface area contributed by atoms with E-state index in [4.69, 9.17) is 16.3 Å². The smallest absolute Gasteiger partial charge is 0.233 e. The average Bonchev–Trinajstić information content (AvgIpc) is 2.65. The van der Waals surface area contributed by atoms with Crippen molar-refractivity contribution in [3.63, 3.8) is 0 Å². The summed E-state index contributed by atoms with van der Waals surface area (Å²) in [5, 5.41) is 0. The molecule has 1 aliphatic rings. The number of halogens is 1. The Kier molecular flexibility index (Phi) is 3.35. The summed E-state index contributed by atoms with van der Waals surface area (Å²) in [4.78, 5) is 8.19. The summed E-state index contributed by atoms with van der Waals surface area (Å²) < 4.78 is 5.55. The van der Waals surface area contributed by atoms with E-state index in [0.29, 0.717) is 17.8 Å². The number of ether oxygens (including phenoxy) is 1. The van der Waals surface area contributed by atoms with Crippen LogP contribution in [0.2, 0.25) is 0 Å². The van der Waals surface area contributed by atoms with Gasteiger partial charge >= 0.3 is 0 Å². The van der Waals surface area contributed by atoms with Crippen LogP contribution in [0, 0.1) is 0 Å². The minimum atomic E-state index is -0.0452. The molecule has 2 N–H and O–H groups in total. The Morgan fingerprint density at radius 2 is 2.33 bits per heavy atom. The normalized spacial score (nSPS) is 25.5. The molecule has 0 radical (unpaired) electrons. The fourth-order valence-corrected chi connectivity index (χ4v) is 1.51. The zero-order valence-electron chi connectivity index (χ0n) is 8.40. The summed E-state index contributed by atoms with van der Waals surface area (Å²) in [6.07, 6.45) is 4.06. The van der Waals surface area contributed by atoms with Crippen molar-refractivity contribution >= 4 is 11.6 Å². The topological polar surface area (TPSA) is 59.1 Å². The van der Waals surface area contributed by atoms with Crippen molar-refractivity contribution in [2.24, 2.45) is 0 Å². The molecule has 15 heavy (non-hydrogen) atoms. The molecule has 0 bridgehead atoms. The molecule has 0 aromatic carbocycles. The Morgan fingerprint density at radius 1 is 1.47 bits per heavy atom. The number of rotatable bonds is 3. The van der Waals surface area contributed by atoms with Gasteiger partial charge in [0.2, 0.25) is 5.88 Å². The molecule has 0 aliphatic carbocycles. The molecule has 6 heteroatoms. The van der Waals surface area contributed by atoms with E-state index in [9.17, 15) is 0 Å². The lowest BCUT2D eigenvalue weighted by atomic mass is 10.2. The first-order chi connectivity index (χ1) is 7.28. The lowest BCUT2D eigenvalue weighted by molar-refractivity contribution is 0.171. The van der Waals surface area contributed by atoms with Gasteiger partial charge in [0.25, 0.3) is 0 Å². The second-order valence-corrected chi connectivity index (χ2v) is 3.78. The van der Waals surface area contributed by atoms with Crippen molar-refractivity contribution in [1.82, 2.24) is 20.8 Å². The van der Waals surface area contributed by atoms with E-state index in [-0.39, 0.29) is 6.23 Å². The first-order valence-electron chi connectivity index (χ1n) is 4.82. The number of hydrazine groups is 1. The van der Waals surface area contributed by atoms with Crippen LogP contribution in [0.1, 0.15) is 19.0 Å². The molecule has 0 spiro atoms. The molecule has 1 aromatic rings. The molecule has 2 atom stereocenters. The molecule has 1 aromatic heterocycles. The van der Waals surface area contributed by atoms with Crippen molar-refractivity contribution in [2.45, 2.75) is 31.5 Å². The van der Waals surface area contributed by atoms with E-state index in [0.717, 1.165) is 12.1 Å². The van der Waals surface area contributed by atoms with Crippen LogP contribution in [0.5, 0.6) is 5.88 Å². The first-order valence-corrected chi connectivity index (χ1v) is 5.36. The van der Waals surface area contributed by atoms with Gasteiger partial charge in [-0.05, 0) is 6.92 Å². The molecule has 1 aliphatic heterocycles. The molecular formula is C9H13ClN4O. The van der Waals surface area contributed by atoms with E-state index < -0.39 is 0 Å². The van der Waals surface area contributed by atoms with E-state index in [1.165, 1.54) is 0 Å². The van der Waals surface area contributed by atoms with Crippen molar-refractivity contribution in [2.75, 3.05) is 0 Å². The maximum Gasteiger partial charge on any atom is 0.233 e. The molecular weight excluding hydrogens is 216 g/mol. The molecule has 82 valence electrons. The third-order valence-electron chi connectivity index (χ3n) is 2.14. The number of alkyl halides is 1. The van der Waals surface area contributed by atoms with Gasteiger partial charge in [-0.3, -0.25) is 10.4 Å². The number of nitrogens with one attached hydrogen (secondary N) is 2. The first kappa shape index (κ1) is 10.6. The van der Waals surface area contributed by atoms with Crippen molar-refractivity contribution in [3.05, 3.63) is 18.1 Å². The second-order valence-electron chi connectivity index (χ2n) is 3.51. The van der Waals surface area contributed by atoms with Gasteiger partial charge in [-0.1, -0.05) is 0 Å². The van der Waals surface area contributed by atoms with E-state index in [1.807, 2.05) is 0 Å². The SMILES string of the molecule is CC1CC(Oc2cnc(CCl)cn2)NN1. The summed E-state index contributed by atoms with van der Waals surface area (Å²) in [5.74, 6) is 0.880. The van der Waals surface area contributed by atoms with Crippen LogP contribution >= 0.6 is 11.6 Å². The summed E-state index contributed by atoms with van der Waals surface area (Å²) >= 11 is 5.60. The minimum Gasteiger partial charge on any atom is -0.456 e. The molecule has 2 unspecified atom stereocenters. The lowest BCUT2D eigenvalue weighted by Gasteiger charge is -2.11. The number of hydrogen-bond acceptors (Lipinski definition) is 5. The van der Waals surface area contributed by atoms with Crippen LogP contribution < -0.4 is 15.6 Å². The van der Waals surface area contributed by atoms with E-state index >= 15 is 0 Å². The maximum atomic E-state index is 5.60. The van der Waals surface area contributed by atoms with E-state index in [1.54, 1.807) is 12.4 Å². The Bertz CT molecular complexity index is 318. The molecule has 1 fully saturated rings. The Balaban J connectivity index is 1.93. The maximum absolute atomic E-state index is 5.60. The van der Waals surface area contributed by atoms with Gasteiger partial charge in [-0.15, -0.1) is 11.6 Å². The highest BCUT2D eigenvalue weighted by Gasteiger charge is 2.21. The fraction of sp³-hybridized carbons (Fsp3) is 0.556. The highest BCUT2D eigenvalue weighted by Crippen LogP contribution is 2.11. The lowest BCUT2D eigenvalue weighted by Crippen LogP contribution is -2.35. The standard InChI is InChI=1S/C9H13ClN4O/c1-6-2-8(14-13-6)15-9-5-11-7(3-10)4-12-9/h4-6,8,13-14H,2-3H2,1H3. The van der Waals surface area contributed by atoms with Crippen LogP contribution in [0.25, 0.3) is 0 Å². The molecule has 5 nitrogen and oxygen atoms in total. The summed E-state index contributed by atoms with van der Waals surface area (Å²) in [7, 11) is 0. The van der Waals surface area contributed by atoms with Crippen LogP contribution in [0.15, 0.2) is 12.4 Å². The van der Waals surface area contributed by atoms with E-state index in [2.05, 4.69) is 27.7 Å². The molecule has 1 saturated heterocycles. The van der Waals surface area contributed by atoms with Crippen LogP contribution in [0.3, 0.4) is 0 Å². The largest absolute Gasteiger partial charge is 0.456 e. The zero-order valence-corrected chi connectivity index (χ0v) is 9.16. The quantitative estimate of drug-likeness (QED) is 0.750. The van der Waals surface area contributed by atoms with Crippen LogP contribution in [0.4, 0.5) is 0 Å². The van der Waals surface area contributed by atoms with Crippen LogP contribution in [-0.2, 0) is 5.88 Å². The van der Waals surface area contributed by atoms with Gasteiger partial charge in [-0.25, -0.2) is 10.4 Å². The second kappa shape index (κ2) is 4.74. The number of aromatic nitrogens is 2. The number of nitrogens with zero attached hydrogens (tertiary/aromatic N) is 2. The number of hydrogen-bond donors (Lipinski definition) is 2. The fourth-order valence-electron chi connectivity index (χ4n) is 1.37. The Hall–Kier alpha value is -0.910. The Morgan fingerprint density at radius 3 is 2.87 bits per heavy atom. The average molecular weight is 229 g/mol. The van der Waals surface area contributed by atoms with Crippen molar-refractivity contribution < 1.29 is 4.74 Å². The van der Waals surface area contributed by atoms with Crippen LogP contribution in [-0.4, -0.2) is 22.2 Å². The van der Waals surface area contributed by atoms with Gasteiger partial charge in [0.15, 0.2) is 6.23 Å². The molecule has 2 rings (SSSR count). The monoisotopic (exact) mass is 228 g/mol. The van der Waals surface area contributed by atoms with Crippen molar-refractivity contribution in [3.8, 4) is 5.88 Å².